The zero-order valence-corrected chi connectivity index (χ0v) is 24.9. The summed E-state index contributed by atoms with van der Waals surface area (Å²) in [6.45, 7) is 1.44. The van der Waals surface area contributed by atoms with Crippen LogP contribution >= 0.6 is 11.6 Å². The first kappa shape index (κ1) is 27.0. The monoisotopic (exact) mass is 612 g/mol. The second kappa shape index (κ2) is 10.5. The van der Waals surface area contributed by atoms with Crippen LogP contribution in [0.4, 0.5) is 5.69 Å². The Kier molecular flexibility index (Phi) is 6.31. The van der Waals surface area contributed by atoms with Gasteiger partial charge in [0.25, 0.3) is 11.8 Å². The summed E-state index contributed by atoms with van der Waals surface area (Å²) in [5, 5.41) is 6.83. The molecule has 10 nitrogen and oxygen atoms in total. The summed E-state index contributed by atoms with van der Waals surface area (Å²) in [4.78, 5) is 43.6. The Bertz CT molecular complexity index is 2320. The van der Waals surface area contributed by atoms with Crippen molar-refractivity contribution in [1.82, 2.24) is 33.9 Å². The number of carbonyl (C=O) groups excluding carboxylic acids is 2. The molecule has 1 aliphatic rings. The van der Waals surface area contributed by atoms with Crippen molar-refractivity contribution in [2.45, 2.75) is 19.5 Å². The van der Waals surface area contributed by atoms with E-state index in [0.717, 1.165) is 23.9 Å². The van der Waals surface area contributed by atoms with E-state index in [0.29, 0.717) is 50.6 Å². The topological polar surface area (TPSA) is 104 Å². The summed E-state index contributed by atoms with van der Waals surface area (Å²) in [5.41, 5.74) is 4.85. The molecule has 5 aromatic heterocycles. The van der Waals surface area contributed by atoms with Gasteiger partial charge in [0.2, 0.25) is 0 Å². The van der Waals surface area contributed by atoms with Gasteiger partial charge in [0.05, 0.1) is 39.7 Å². The Balaban J connectivity index is 1.35. The number of imidazole rings is 1. The molecule has 0 atom stereocenters. The highest BCUT2D eigenvalue weighted by Gasteiger charge is 2.43. The molecule has 0 fully saturated rings. The van der Waals surface area contributed by atoms with Gasteiger partial charge in [0.15, 0.2) is 5.65 Å². The fourth-order valence-electron chi connectivity index (χ4n) is 6.15. The van der Waals surface area contributed by atoms with Gasteiger partial charge >= 0.3 is 0 Å². The minimum Gasteiger partial charge on any atom is -0.347 e. The van der Waals surface area contributed by atoms with Gasteiger partial charge in [-0.1, -0.05) is 35.9 Å². The van der Waals surface area contributed by atoms with E-state index in [1.165, 1.54) is 4.90 Å². The number of imide groups is 1. The number of hydrogen-bond donors (Lipinski definition) is 0. The van der Waals surface area contributed by atoms with Crippen LogP contribution in [0.25, 0.3) is 44.1 Å². The van der Waals surface area contributed by atoms with Crippen molar-refractivity contribution in [2.75, 3.05) is 4.90 Å². The third-order valence-corrected chi connectivity index (χ3v) is 8.43. The van der Waals surface area contributed by atoms with Crippen LogP contribution in [-0.2, 0) is 29.7 Å². The average Bonchev–Trinajstić information content (AvgIpc) is 3.82. The number of rotatable bonds is 7. The summed E-state index contributed by atoms with van der Waals surface area (Å²) in [6, 6.07) is 20.2. The number of hydrogen-bond acceptors (Lipinski definition) is 6. The molecule has 11 heteroatoms. The van der Waals surface area contributed by atoms with E-state index in [9.17, 15) is 9.59 Å². The molecule has 0 bridgehead atoms. The molecule has 45 heavy (non-hydrogen) atoms. The van der Waals surface area contributed by atoms with Crippen LogP contribution in [0.3, 0.4) is 0 Å². The summed E-state index contributed by atoms with van der Waals surface area (Å²) >= 11 is 6.48. The van der Waals surface area contributed by atoms with E-state index in [-0.39, 0.29) is 11.1 Å². The van der Waals surface area contributed by atoms with Gasteiger partial charge in [-0.3, -0.25) is 14.6 Å². The molecule has 0 unspecified atom stereocenters. The first-order chi connectivity index (χ1) is 22.0. The number of amides is 2. The molecule has 220 valence electrons. The molecule has 6 heterocycles. The Labute approximate surface area is 261 Å². The highest BCUT2D eigenvalue weighted by molar-refractivity contribution is 6.58. The van der Waals surface area contributed by atoms with Gasteiger partial charge in [0, 0.05) is 66.3 Å². The van der Waals surface area contributed by atoms with Crippen LogP contribution < -0.4 is 4.90 Å². The van der Waals surface area contributed by atoms with Gasteiger partial charge < -0.3 is 9.13 Å². The molecule has 2 aromatic carbocycles. The van der Waals surface area contributed by atoms with Crippen molar-refractivity contribution < 1.29 is 9.59 Å². The van der Waals surface area contributed by atoms with Crippen LogP contribution in [-0.4, -0.2) is 45.7 Å². The van der Waals surface area contributed by atoms with E-state index in [1.807, 2.05) is 53.4 Å². The van der Waals surface area contributed by atoms with Crippen LogP contribution in [0.5, 0.6) is 0 Å². The lowest BCUT2D eigenvalue weighted by Crippen LogP contribution is -2.31. The summed E-state index contributed by atoms with van der Waals surface area (Å²) in [5.74, 6) is -0.864. The molecular formula is C34H25ClN8O2. The van der Waals surface area contributed by atoms with Crippen LogP contribution in [0.15, 0.2) is 97.8 Å². The molecule has 1 aliphatic heterocycles. The highest BCUT2D eigenvalue weighted by atomic mass is 35.5. The van der Waals surface area contributed by atoms with E-state index in [4.69, 9.17) is 21.7 Å². The van der Waals surface area contributed by atoms with Crippen molar-refractivity contribution in [3.8, 4) is 0 Å². The Morgan fingerprint density at radius 1 is 0.844 bits per heavy atom. The van der Waals surface area contributed by atoms with E-state index < -0.39 is 11.8 Å². The summed E-state index contributed by atoms with van der Waals surface area (Å²) < 4.78 is 5.76. The largest absolute Gasteiger partial charge is 0.347 e. The molecule has 0 aliphatic carbocycles. The molecule has 7 aromatic rings. The Morgan fingerprint density at radius 2 is 1.69 bits per heavy atom. The van der Waals surface area contributed by atoms with Gasteiger partial charge in [-0.05, 0) is 48.9 Å². The summed E-state index contributed by atoms with van der Waals surface area (Å²) in [7, 11) is 1.78. The normalized spacial score (nSPS) is 13.8. The summed E-state index contributed by atoms with van der Waals surface area (Å²) in [6.07, 6.45) is 9.94. The SMILES string of the molecule is Cn1nc(C2=C(c3cn(CCCn4ccnc4)c4cc(Cl)ccc34)C(=O)N(c3ccccc3)C2=O)c2cc3ncccc3nc21. The number of nitrogens with zero attached hydrogens (tertiary/aromatic N) is 8. The maximum Gasteiger partial charge on any atom is 0.268 e. The third kappa shape index (κ3) is 4.41. The lowest BCUT2D eigenvalue weighted by Gasteiger charge is -2.14. The highest BCUT2D eigenvalue weighted by Crippen LogP contribution is 2.42. The smallest absolute Gasteiger partial charge is 0.268 e. The standard InChI is InChI=1S/C34H25ClN8O2/c1-40-32-24(18-27-26(38-32)9-5-12-37-27)31(39-40)30-29(33(44)43(34(30)45)22-7-3-2-4-8-22)25-19-42(15-6-14-41-16-13-36-20-41)28-17-21(35)10-11-23(25)28/h2-5,7-13,16-20H,6,14-15H2,1H3. The van der Waals surface area contributed by atoms with Gasteiger partial charge in [0.1, 0.15) is 5.69 Å². The number of anilines is 1. The van der Waals surface area contributed by atoms with Crippen molar-refractivity contribution in [1.29, 1.82) is 0 Å². The fourth-order valence-corrected chi connectivity index (χ4v) is 6.32. The van der Waals surface area contributed by atoms with Gasteiger partial charge in [-0.15, -0.1) is 0 Å². The lowest BCUT2D eigenvalue weighted by atomic mass is 9.98. The molecule has 0 spiro atoms. The van der Waals surface area contributed by atoms with Gasteiger partial charge in [-0.25, -0.2) is 19.5 Å². The number of fused-ring (bicyclic) bond motifs is 3. The van der Waals surface area contributed by atoms with Crippen molar-refractivity contribution in [2.24, 2.45) is 7.05 Å². The van der Waals surface area contributed by atoms with Crippen molar-refractivity contribution in [3.05, 3.63) is 114 Å². The number of benzene rings is 2. The number of para-hydroxylation sites is 1. The molecule has 0 N–H and O–H groups in total. The van der Waals surface area contributed by atoms with Gasteiger partial charge in [-0.2, -0.15) is 5.10 Å². The number of aromatic nitrogens is 7. The predicted octanol–water partition coefficient (Wildman–Crippen LogP) is 5.90. The minimum absolute atomic E-state index is 0.221. The number of pyridine rings is 2. The number of aryl methyl sites for hydroxylation is 3. The maximum absolute atomic E-state index is 14.5. The first-order valence-electron chi connectivity index (χ1n) is 14.5. The second-order valence-electron chi connectivity index (χ2n) is 11.0. The lowest BCUT2D eigenvalue weighted by molar-refractivity contribution is -0.119. The molecule has 8 rings (SSSR count). The molecule has 0 radical (unpaired) electrons. The van der Waals surface area contributed by atoms with E-state index in [2.05, 4.69) is 14.5 Å². The average molecular weight is 613 g/mol. The Hall–Kier alpha value is -5.61. The number of halogens is 1. The van der Waals surface area contributed by atoms with Crippen molar-refractivity contribution >= 4 is 73.2 Å². The maximum atomic E-state index is 14.5. The van der Waals surface area contributed by atoms with E-state index >= 15 is 0 Å². The zero-order chi connectivity index (χ0) is 30.7. The van der Waals surface area contributed by atoms with Crippen molar-refractivity contribution in [3.63, 3.8) is 0 Å². The Morgan fingerprint density at radius 3 is 2.51 bits per heavy atom. The fraction of sp³-hybridized carbons (Fsp3) is 0.118. The van der Waals surface area contributed by atoms with Crippen LogP contribution in [0.2, 0.25) is 5.02 Å². The quantitative estimate of drug-likeness (QED) is 0.208. The number of carbonyl (C=O) groups is 2. The van der Waals surface area contributed by atoms with E-state index in [1.54, 1.807) is 60.8 Å². The van der Waals surface area contributed by atoms with Crippen LogP contribution in [0, 0.1) is 0 Å². The first-order valence-corrected chi connectivity index (χ1v) is 14.9. The second-order valence-corrected chi connectivity index (χ2v) is 11.4. The third-order valence-electron chi connectivity index (χ3n) is 8.20. The molecular weight excluding hydrogens is 588 g/mol. The zero-order valence-electron chi connectivity index (χ0n) is 24.1. The molecule has 0 saturated carbocycles. The van der Waals surface area contributed by atoms with Crippen LogP contribution in [0.1, 0.15) is 17.7 Å². The molecule has 2 amide bonds. The predicted molar refractivity (Wildman–Crippen MR) is 173 cm³/mol. The molecule has 0 saturated heterocycles. The minimum atomic E-state index is -0.447.